The summed E-state index contributed by atoms with van der Waals surface area (Å²) >= 11 is 11.6. The number of nitrogens with zero attached hydrogens (tertiary/aromatic N) is 1. The number of rotatable bonds is 7. The summed E-state index contributed by atoms with van der Waals surface area (Å²) in [6.07, 6.45) is 0.382. The molecule has 0 fully saturated rings. The average Bonchev–Trinajstić information content (AvgIpc) is 2.64. The van der Waals surface area contributed by atoms with E-state index in [0.29, 0.717) is 12.5 Å². The van der Waals surface area contributed by atoms with Crippen LogP contribution in [0.4, 0.5) is 18.9 Å². The van der Waals surface area contributed by atoms with Gasteiger partial charge in [0.15, 0.2) is 17.5 Å². The van der Waals surface area contributed by atoms with Crippen LogP contribution < -0.4 is 5.32 Å². The van der Waals surface area contributed by atoms with E-state index in [1.54, 1.807) is 6.92 Å². The normalized spacial score (nSPS) is 11.7. The highest BCUT2D eigenvalue weighted by Gasteiger charge is 2.27. The van der Waals surface area contributed by atoms with Crippen LogP contribution in [-0.4, -0.2) is 31.7 Å². The van der Waals surface area contributed by atoms with E-state index >= 15 is 0 Å². The van der Waals surface area contributed by atoms with Crippen LogP contribution in [-0.2, 0) is 14.8 Å². The molecule has 152 valence electrons. The molecule has 28 heavy (non-hydrogen) atoms. The number of nitrogens with one attached hydrogen (secondary N) is 1. The van der Waals surface area contributed by atoms with E-state index in [-0.39, 0.29) is 21.5 Å². The second-order valence-electron chi connectivity index (χ2n) is 5.69. The number of carbonyl (C=O) groups excluding carboxylic acids is 1. The first kappa shape index (κ1) is 22.5. The van der Waals surface area contributed by atoms with Crippen molar-refractivity contribution in [2.24, 2.45) is 0 Å². The van der Waals surface area contributed by atoms with Crippen molar-refractivity contribution >= 4 is 44.8 Å². The standard InChI is InChI=1S/C17H15Cl2F3N2O3S/c1-2-7-24(28(26,27)10-3-4-11(18)12(19)8-10)9-15(25)23-14-6-5-13(20)16(21)17(14)22/h3-6,8H,2,7,9H2,1H3,(H,23,25). The van der Waals surface area contributed by atoms with Crippen molar-refractivity contribution in [2.45, 2.75) is 18.2 Å². The highest BCUT2D eigenvalue weighted by Crippen LogP contribution is 2.27. The van der Waals surface area contributed by atoms with Gasteiger partial charge in [-0.1, -0.05) is 30.1 Å². The quantitative estimate of drug-likeness (QED) is 0.628. The second kappa shape index (κ2) is 9.13. The Morgan fingerprint density at radius 1 is 1.07 bits per heavy atom. The van der Waals surface area contributed by atoms with Crippen molar-refractivity contribution in [3.05, 3.63) is 57.8 Å². The molecule has 0 spiro atoms. The summed E-state index contributed by atoms with van der Waals surface area (Å²) in [6, 6.07) is 5.17. The summed E-state index contributed by atoms with van der Waals surface area (Å²) in [4.78, 5) is 12.0. The van der Waals surface area contributed by atoms with Crippen LogP contribution in [0, 0.1) is 17.5 Å². The summed E-state index contributed by atoms with van der Waals surface area (Å²) in [6.45, 7) is 1.01. The molecule has 1 N–H and O–H groups in total. The zero-order chi connectivity index (χ0) is 21.1. The lowest BCUT2D eigenvalue weighted by Crippen LogP contribution is -2.38. The summed E-state index contributed by atoms with van der Waals surface area (Å²) in [5.74, 6) is -5.67. The van der Waals surface area contributed by atoms with E-state index in [0.717, 1.165) is 16.4 Å². The molecule has 2 rings (SSSR count). The van der Waals surface area contributed by atoms with E-state index in [2.05, 4.69) is 0 Å². The van der Waals surface area contributed by atoms with Gasteiger partial charge in [0, 0.05) is 6.54 Å². The van der Waals surface area contributed by atoms with Crippen molar-refractivity contribution in [3.8, 4) is 0 Å². The number of halogens is 5. The van der Waals surface area contributed by atoms with Gasteiger partial charge in [-0.2, -0.15) is 4.31 Å². The fourth-order valence-corrected chi connectivity index (χ4v) is 4.17. The van der Waals surface area contributed by atoms with E-state index in [4.69, 9.17) is 23.2 Å². The molecule has 0 saturated heterocycles. The smallest absolute Gasteiger partial charge is 0.243 e. The van der Waals surface area contributed by atoms with E-state index in [1.807, 2.05) is 5.32 Å². The number of carbonyl (C=O) groups is 1. The molecule has 1 amide bonds. The van der Waals surface area contributed by atoms with E-state index in [1.165, 1.54) is 12.1 Å². The highest BCUT2D eigenvalue weighted by molar-refractivity contribution is 7.89. The highest BCUT2D eigenvalue weighted by atomic mass is 35.5. The monoisotopic (exact) mass is 454 g/mol. The third-order valence-electron chi connectivity index (χ3n) is 3.63. The van der Waals surface area contributed by atoms with Gasteiger partial charge in [0.05, 0.1) is 27.2 Å². The Kier molecular flexibility index (Phi) is 7.33. The first-order valence-corrected chi connectivity index (χ1v) is 10.2. The molecule has 0 heterocycles. The van der Waals surface area contributed by atoms with Crippen LogP contribution in [0.1, 0.15) is 13.3 Å². The fourth-order valence-electron chi connectivity index (χ4n) is 2.29. The zero-order valence-electron chi connectivity index (χ0n) is 14.5. The molecule has 0 aliphatic carbocycles. The maximum atomic E-state index is 13.7. The molecular weight excluding hydrogens is 440 g/mol. The summed E-state index contributed by atoms with van der Waals surface area (Å²) in [5, 5.41) is 2.22. The summed E-state index contributed by atoms with van der Waals surface area (Å²) in [7, 11) is -4.11. The second-order valence-corrected chi connectivity index (χ2v) is 8.44. The molecule has 0 aliphatic heterocycles. The number of benzene rings is 2. The first-order chi connectivity index (χ1) is 13.1. The molecule has 11 heteroatoms. The van der Waals surface area contributed by atoms with Crippen molar-refractivity contribution in [1.29, 1.82) is 0 Å². The van der Waals surface area contributed by atoms with Gasteiger partial charge < -0.3 is 5.32 Å². The predicted octanol–water partition coefficient (Wildman–Crippen LogP) is 4.45. The Morgan fingerprint density at radius 3 is 2.36 bits per heavy atom. The molecule has 0 atom stereocenters. The molecular formula is C17H15Cl2F3N2O3S. The number of hydrogen-bond donors (Lipinski definition) is 1. The van der Waals surface area contributed by atoms with Gasteiger partial charge in [-0.3, -0.25) is 4.79 Å². The molecule has 0 unspecified atom stereocenters. The number of amides is 1. The lowest BCUT2D eigenvalue weighted by atomic mass is 10.2. The van der Waals surface area contributed by atoms with Crippen LogP contribution in [0.5, 0.6) is 0 Å². The fraction of sp³-hybridized carbons (Fsp3) is 0.235. The number of anilines is 1. The minimum absolute atomic E-state index is 0.0176. The van der Waals surface area contributed by atoms with E-state index < -0.39 is 45.6 Å². The molecule has 0 aromatic heterocycles. The molecule has 0 aliphatic rings. The average molecular weight is 455 g/mol. The number of hydrogen-bond acceptors (Lipinski definition) is 3. The molecule has 0 bridgehead atoms. The van der Waals surface area contributed by atoms with Gasteiger partial charge in [0.1, 0.15) is 0 Å². The third-order valence-corrected chi connectivity index (χ3v) is 6.21. The Bertz CT molecular complexity index is 1000. The predicted molar refractivity (Wildman–Crippen MR) is 100 cm³/mol. The van der Waals surface area contributed by atoms with Crippen molar-refractivity contribution in [3.63, 3.8) is 0 Å². The van der Waals surface area contributed by atoms with Crippen LogP contribution in [0.15, 0.2) is 35.2 Å². The Labute approximate surface area is 170 Å². The lowest BCUT2D eigenvalue weighted by molar-refractivity contribution is -0.116. The van der Waals surface area contributed by atoms with Crippen LogP contribution in [0.3, 0.4) is 0 Å². The van der Waals surface area contributed by atoms with Gasteiger partial charge in [-0.15, -0.1) is 0 Å². The molecule has 0 saturated carbocycles. The van der Waals surface area contributed by atoms with Crippen molar-refractivity contribution in [2.75, 3.05) is 18.4 Å². The third kappa shape index (κ3) is 4.96. The van der Waals surface area contributed by atoms with Crippen LogP contribution in [0.2, 0.25) is 10.0 Å². The maximum Gasteiger partial charge on any atom is 0.243 e. The van der Waals surface area contributed by atoms with Crippen LogP contribution >= 0.6 is 23.2 Å². The van der Waals surface area contributed by atoms with Crippen molar-refractivity contribution in [1.82, 2.24) is 4.31 Å². The van der Waals surface area contributed by atoms with Gasteiger partial charge >= 0.3 is 0 Å². The Morgan fingerprint density at radius 2 is 1.75 bits per heavy atom. The molecule has 0 radical (unpaired) electrons. The molecule has 5 nitrogen and oxygen atoms in total. The summed E-state index contributed by atoms with van der Waals surface area (Å²) < 4.78 is 66.4. The van der Waals surface area contributed by atoms with Gasteiger partial charge in [-0.05, 0) is 36.8 Å². The van der Waals surface area contributed by atoms with E-state index in [9.17, 15) is 26.4 Å². The van der Waals surface area contributed by atoms with Gasteiger partial charge in [0.25, 0.3) is 0 Å². The minimum Gasteiger partial charge on any atom is -0.322 e. The zero-order valence-corrected chi connectivity index (χ0v) is 16.8. The SMILES string of the molecule is CCCN(CC(=O)Nc1ccc(F)c(F)c1F)S(=O)(=O)c1ccc(Cl)c(Cl)c1. The molecule has 2 aromatic rings. The minimum atomic E-state index is -4.11. The molecule has 2 aromatic carbocycles. The Hall–Kier alpha value is -1.81. The van der Waals surface area contributed by atoms with Crippen molar-refractivity contribution < 1.29 is 26.4 Å². The van der Waals surface area contributed by atoms with Crippen LogP contribution in [0.25, 0.3) is 0 Å². The van der Waals surface area contributed by atoms with Gasteiger partial charge in [-0.25, -0.2) is 21.6 Å². The maximum absolute atomic E-state index is 13.7. The Balaban J connectivity index is 2.25. The van der Waals surface area contributed by atoms with Gasteiger partial charge in [0.2, 0.25) is 15.9 Å². The topological polar surface area (TPSA) is 66.5 Å². The summed E-state index contributed by atoms with van der Waals surface area (Å²) in [5.41, 5.74) is -0.604. The lowest BCUT2D eigenvalue weighted by Gasteiger charge is -2.21. The first-order valence-electron chi connectivity index (χ1n) is 7.96. The largest absolute Gasteiger partial charge is 0.322 e. The number of sulfonamides is 1.